The topological polar surface area (TPSA) is 64.3 Å². The number of amides is 1. The van der Waals surface area contributed by atoms with Crippen LogP contribution in [-0.2, 0) is 6.61 Å². The zero-order valence-electron chi connectivity index (χ0n) is 12.4. The van der Waals surface area contributed by atoms with Crippen molar-refractivity contribution < 1.29 is 13.9 Å². The molecule has 2 rings (SSSR count). The van der Waals surface area contributed by atoms with Crippen LogP contribution >= 0.6 is 0 Å². The van der Waals surface area contributed by atoms with Crippen molar-refractivity contribution in [2.45, 2.75) is 20.0 Å². The normalized spacial score (nSPS) is 10.3. The van der Waals surface area contributed by atoms with E-state index in [4.69, 9.17) is 10.5 Å². The second kappa shape index (κ2) is 7.45. The number of rotatable bonds is 6. The largest absolute Gasteiger partial charge is 0.487 e. The lowest BCUT2D eigenvalue weighted by Crippen LogP contribution is -2.24. The standard InChI is InChI=1S/C17H19FN2O2/c1-2-9-20-17(21)12-7-8-16(15(19)10-12)22-11-13-5-3-4-6-14(13)18/h3-8,10H,2,9,11,19H2,1H3,(H,20,21). The lowest BCUT2D eigenvalue weighted by Gasteiger charge is -2.11. The van der Waals surface area contributed by atoms with Crippen molar-refractivity contribution in [2.75, 3.05) is 12.3 Å². The maximum Gasteiger partial charge on any atom is 0.251 e. The highest BCUT2D eigenvalue weighted by Gasteiger charge is 2.09. The minimum Gasteiger partial charge on any atom is -0.487 e. The van der Waals surface area contributed by atoms with Gasteiger partial charge in [-0.05, 0) is 30.7 Å². The number of nitrogens with two attached hydrogens (primary N) is 1. The summed E-state index contributed by atoms with van der Waals surface area (Å²) in [5, 5.41) is 2.78. The number of hydrogen-bond donors (Lipinski definition) is 2. The van der Waals surface area contributed by atoms with Gasteiger partial charge < -0.3 is 15.8 Å². The van der Waals surface area contributed by atoms with E-state index in [9.17, 15) is 9.18 Å². The van der Waals surface area contributed by atoms with E-state index >= 15 is 0 Å². The third-order valence-electron chi connectivity index (χ3n) is 3.15. The van der Waals surface area contributed by atoms with Crippen molar-refractivity contribution in [3.05, 3.63) is 59.4 Å². The Balaban J connectivity index is 2.04. The molecule has 0 bridgehead atoms. The summed E-state index contributed by atoms with van der Waals surface area (Å²) in [6.07, 6.45) is 0.866. The van der Waals surface area contributed by atoms with Gasteiger partial charge in [-0.1, -0.05) is 25.1 Å². The van der Waals surface area contributed by atoms with Gasteiger partial charge in [-0.2, -0.15) is 0 Å². The molecular weight excluding hydrogens is 283 g/mol. The maximum atomic E-state index is 13.5. The predicted molar refractivity (Wildman–Crippen MR) is 84.2 cm³/mol. The van der Waals surface area contributed by atoms with Crippen LogP contribution in [0.2, 0.25) is 0 Å². The number of ether oxygens (including phenoxy) is 1. The molecule has 0 aliphatic heterocycles. The van der Waals surface area contributed by atoms with Gasteiger partial charge in [0.15, 0.2) is 0 Å². The maximum absolute atomic E-state index is 13.5. The SMILES string of the molecule is CCCNC(=O)c1ccc(OCc2ccccc2F)c(N)c1. The summed E-state index contributed by atoms with van der Waals surface area (Å²) in [5.41, 5.74) is 7.17. The number of benzene rings is 2. The Kier molecular flexibility index (Phi) is 5.36. The van der Waals surface area contributed by atoms with Crippen molar-refractivity contribution in [3.63, 3.8) is 0 Å². The van der Waals surface area contributed by atoms with Crippen molar-refractivity contribution >= 4 is 11.6 Å². The van der Waals surface area contributed by atoms with Gasteiger partial charge in [0, 0.05) is 17.7 Å². The summed E-state index contributed by atoms with van der Waals surface area (Å²) in [6.45, 7) is 2.68. The van der Waals surface area contributed by atoms with Crippen LogP contribution in [0.5, 0.6) is 5.75 Å². The minimum atomic E-state index is -0.323. The monoisotopic (exact) mass is 302 g/mol. The van der Waals surface area contributed by atoms with Crippen molar-refractivity contribution in [2.24, 2.45) is 0 Å². The molecule has 5 heteroatoms. The van der Waals surface area contributed by atoms with Crippen LogP contribution in [0.3, 0.4) is 0 Å². The van der Waals surface area contributed by atoms with Gasteiger partial charge in [0.1, 0.15) is 18.2 Å². The summed E-state index contributed by atoms with van der Waals surface area (Å²) < 4.78 is 19.0. The first-order valence-electron chi connectivity index (χ1n) is 7.15. The Morgan fingerprint density at radius 2 is 2.05 bits per heavy atom. The van der Waals surface area contributed by atoms with Crippen LogP contribution in [0.1, 0.15) is 29.3 Å². The first-order valence-corrected chi connectivity index (χ1v) is 7.15. The number of halogens is 1. The second-order valence-electron chi connectivity index (χ2n) is 4.89. The van der Waals surface area contributed by atoms with E-state index in [-0.39, 0.29) is 18.3 Å². The third-order valence-corrected chi connectivity index (χ3v) is 3.15. The van der Waals surface area contributed by atoms with E-state index in [2.05, 4.69) is 5.32 Å². The molecule has 0 unspecified atom stereocenters. The molecule has 0 radical (unpaired) electrons. The number of anilines is 1. The Hall–Kier alpha value is -2.56. The first-order chi connectivity index (χ1) is 10.6. The van der Waals surface area contributed by atoms with Crippen molar-refractivity contribution in [1.82, 2.24) is 5.32 Å². The Morgan fingerprint density at radius 3 is 2.73 bits per heavy atom. The molecule has 4 nitrogen and oxygen atoms in total. The van der Waals surface area contributed by atoms with Gasteiger partial charge in [-0.25, -0.2) is 4.39 Å². The van der Waals surface area contributed by atoms with E-state index in [1.807, 2.05) is 6.92 Å². The van der Waals surface area contributed by atoms with Crippen molar-refractivity contribution in [1.29, 1.82) is 0 Å². The number of nitrogen functional groups attached to an aromatic ring is 1. The molecule has 0 heterocycles. The average molecular weight is 302 g/mol. The van der Waals surface area contributed by atoms with Gasteiger partial charge in [0.25, 0.3) is 5.91 Å². The average Bonchev–Trinajstić information content (AvgIpc) is 2.52. The number of carbonyl (C=O) groups is 1. The van der Waals surface area contributed by atoms with Crippen LogP contribution < -0.4 is 15.8 Å². The molecule has 1 amide bonds. The molecule has 0 saturated heterocycles. The molecule has 116 valence electrons. The lowest BCUT2D eigenvalue weighted by atomic mass is 10.1. The Labute approximate surface area is 129 Å². The highest BCUT2D eigenvalue weighted by Crippen LogP contribution is 2.24. The zero-order chi connectivity index (χ0) is 15.9. The van der Waals surface area contributed by atoms with Crippen LogP contribution in [0.25, 0.3) is 0 Å². The fourth-order valence-electron chi connectivity index (χ4n) is 1.93. The molecule has 0 atom stereocenters. The number of carbonyl (C=O) groups excluding carboxylic acids is 1. The highest BCUT2D eigenvalue weighted by molar-refractivity contribution is 5.95. The molecule has 0 aromatic heterocycles. The highest BCUT2D eigenvalue weighted by atomic mass is 19.1. The molecule has 0 aliphatic carbocycles. The fraction of sp³-hybridized carbons (Fsp3) is 0.235. The molecule has 0 saturated carbocycles. The zero-order valence-corrected chi connectivity index (χ0v) is 12.4. The van der Waals surface area contributed by atoms with Gasteiger partial charge in [0.2, 0.25) is 0 Å². The van der Waals surface area contributed by atoms with E-state index in [1.54, 1.807) is 36.4 Å². The van der Waals surface area contributed by atoms with Crippen LogP contribution in [0.15, 0.2) is 42.5 Å². The van der Waals surface area contributed by atoms with Crippen LogP contribution in [-0.4, -0.2) is 12.5 Å². The molecular formula is C17H19FN2O2. The van der Waals surface area contributed by atoms with E-state index in [1.165, 1.54) is 6.07 Å². The molecule has 0 aliphatic rings. The van der Waals surface area contributed by atoms with Gasteiger partial charge in [-0.3, -0.25) is 4.79 Å². The number of nitrogens with one attached hydrogen (secondary N) is 1. The van der Waals surface area contributed by atoms with Crippen LogP contribution in [0.4, 0.5) is 10.1 Å². The second-order valence-corrected chi connectivity index (χ2v) is 4.89. The van der Waals surface area contributed by atoms with Gasteiger partial charge in [-0.15, -0.1) is 0 Å². The quantitative estimate of drug-likeness (QED) is 0.806. The summed E-state index contributed by atoms with van der Waals surface area (Å²) in [6, 6.07) is 11.2. The first kappa shape index (κ1) is 15.8. The molecule has 2 aromatic rings. The predicted octanol–water partition coefficient (Wildman–Crippen LogP) is 3.13. The van der Waals surface area contributed by atoms with E-state index < -0.39 is 0 Å². The summed E-state index contributed by atoms with van der Waals surface area (Å²) in [4.78, 5) is 11.8. The summed E-state index contributed by atoms with van der Waals surface area (Å²) >= 11 is 0. The van der Waals surface area contributed by atoms with Crippen LogP contribution in [0, 0.1) is 5.82 Å². The molecule has 0 spiro atoms. The third kappa shape index (κ3) is 3.97. The molecule has 3 N–H and O–H groups in total. The van der Waals surface area contributed by atoms with Crippen molar-refractivity contribution in [3.8, 4) is 5.75 Å². The molecule has 0 fully saturated rings. The smallest absolute Gasteiger partial charge is 0.251 e. The van der Waals surface area contributed by atoms with Gasteiger partial charge in [0.05, 0.1) is 5.69 Å². The lowest BCUT2D eigenvalue weighted by molar-refractivity contribution is 0.0953. The number of hydrogen-bond acceptors (Lipinski definition) is 3. The molecule has 2 aromatic carbocycles. The minimum absolute atomic E-state index is 0.0816. The van der Waals surface area contributed by atoms with E-state index in [0.717, 1.165) is 6.42 Å². The fourth-order valence-corrected chi connectivity index (χ4v) is 1.93. The van der Waals surface area contributed by atoms with E-state index in [0.29, 0.717) is 29.1 Å². The summed E-state index contributed by atoms with van der Waals surface area (Å²) in [7, 11) is 0. The molecule has 22 heavy (non-hydrogen) atoms. The summed E-state index contributed by atoms with van der Waals surface area (Å²) in [5.74, 6) is -0.0684. The Bertz CT molecular complexity index is 659. The van der Waals surface area contributed by atoms with Gasteiger partial charge >= 0.3 is 0 Å². The Morgan fingerprint density at radius 1 is 1.27 bits per heavy atom.